The van der Waals surface area contributed by atoms with Crippen molar-refractivity contribution in [3.8, 4) is 17.2 Å². The summed E-state index contributed by atoms with van der Waals surface area (Å²) in [6, 6.07) is 12.3. The molecule has 29 heavy (non-hydrogen) atoms. The highest BCUT2D eigenvalue weighted by atomic mass is 16.5. The molecule has 0 unspecified atom stereocenters. The maximum Gasteiger partial charge on any atom is 0.277 e. The Bertz CT molecular complexity index is 928. The monoisotopic (exact) mass is 396 g/mol. The zero-order valence-electron chi connectivity index (χ0n) is 16.9. The maximum absolute atomic E-state index is 12.7. The number of carbonyl (C=O) groups excluding carboxylic acids is 2. The first-order valence-corrected chi connectivity index (χ1v) is 9.28. The van der Waals surface area contributed by atoms with Crippen molar-refractivity contribution in [2.45, 2.75) is 13.3 Å². The van der Waals surface area contributed by atoms with E-state index in [1.807, 2.05) is 6.92 Å². The Morgan fingerprint density at radius 3 is 2.07 bits per heavy atom. The Kier molecular flexibility index (Phi) is 6.07. The normalized spacial score (nSPS) is 13.7. The highest BCUT2D eigenvalue weighted by molar-refractivity contribution is 6.36. The van der Waals surface area contributed by atoms with E-state index in [1.54, 1.807) is 56.7 Å². The van der Waals surface area contributed by atoms with Crippen LogP contribution in [0.2, 0.25) is 0 Å². The SMILES string of the molecule is CCCOc1ccc(C2=C(Nc3cc(OC)cc(OC)c3)C(=O)N(C)C2=O)cc1. The van der Waals surface area contributed by atoms with Crippen LogP contribution >= 0.6 is 0 Å². The molecule has 2 amide bonds. The summed E-state index contributed by atoms with van der Waals surface area (Å²) in [4.78, 5) is 26.6. The predicted molar refractivity (Wildman–Crippen MR) is 110 cm³/mol. The molecule has 1 heterocycles. The van der Waals surface area contributed by atoms with Crippen LogP contribution in [0.5, 0.6) is 17.2 Å². The Morgan fingerprint density at radius 2 is 1.52 bits per heavy atom. The van der Waals surface area contributed by atoms with Gasteiger partial charge in [0.05, 0.1) is 26.4 Å². The van der Waals surface area contributed by atoms with Gasteiger partial charge < -0.3 is 19.5 Å². The highest BCUT2D eigenvalue weighted by Crippen LogP contribution is 2.33. The molecule has 0 saturated carbocycles. The molecule has 0 bridgehead atoms. The van der Waals surface area contributed by atoms with E-state index >= 15 is 0 Å². The number of hydrogen-bond acceptors (Lipinski definition) is 6. The van der Waals surface area contributed by atoms with E-state index < -0.39 is 5.91 Å². The molecule has 0 spiro atoms. The number of nitrogens with one attached hydrogen (secondary N) is 1. The largest absolute Gasteiger partial charge is 0.497 e. The van der Waals surface area contributed by atoms with Crippen molar-refractivity contribution in [2.24, 2.45) is 0 Å². The molecule has 1 aliphatic rings. The molecule has 7 nitrogen and oxygen atoms in total. The van der Waals surface area contributed by atoms with Gasteiger partial charge in [-0.2, -0.15) is 0 Å². The summed E-state index contributed by atoms with van der Waals surface area (Å²) in [6.07, 6.45) is 0.906. The molecule has 2 aromatic carbocycles. The Hall–Kier alpha value is -3.48. The van der Waals surface area contributed by atoms with Gasteiger partial charge in [-0.3, -0.25) is 14.5 Å². The molecule has 0 radical (unpaired) electrons. The van der Waals surface area contributed by atoms with Gasteiger partial charge >= 0.3 is 0 Å². The number of likely N-dealkylation sites (N-methyl/N-ethyl adjacent to an activating group) is 1. The van der Waals surface area contributed by atoms with E-state index in [1.165, 1.54) is 7.05 Å². The number of hydrogen-bond donors (Lipinski definition) is 1. The lowest BCUT2D eigenvalue weighted by Crippen LogP contribution is -2.27. The molecular formula is C22H24N2O5. The summed E-state index contributed by atoms with van der Waals surface area (Å²) >= 11 is 0. The number of nitrogens with zero attached hydrogens (tertiary/aromatic N) is 1. The molecule has 0 aromatic heterocycles. The van der Waals surface area contributed by atoms with Gasteiger partial charge in [-0.15, -0.1) is 0 Å². The molecule has 152 valence electrons. The van der Waals surface area contributed by atoms with Gasteiger partial charge in [0.1, 0.15) is 22.9 Å². The maximum atomic E-state index is 12.7. The van der Waals surface area contributed by atoms with Gasteiger partial charge in [0.25, 0.3) is 11.8 Å². The number of methoxy groups -OCH3 is 2. The lowest BCUT2D eigenvalue weighted by Gasteiger charge is -2.12. The van der Waals surface area contributed by atoms with Crippen LogP contribution in [-0.2, 0) is 9.59 Å². The topological polar surface area (TPSA) is 77.1 Å². The first-order chi connectivity index (χ1) is 14.0. The van der Waals surface area contributed by atoms with E-state index in [2.05, 4.69) is 5.32 Å². The molecule has 1 N–H and O–H groups in total. The lowest BCUT2D eigenvalue weighted by molar-refractivity contribution is -0.135. The van der Waals surface area contributed by atoms with Crippen molar-refractivity contribution in [1.82, 2.24) is 4.90 Å². The lowest BCUT2D eigenvalue weighted by atomic mass is 10.0. The third kappa shape index (κ3) is 4.18. The molecule has 0 saturated heterocycles. The van der Waals surface area contributed by atoms with Gasteiger partial charge in [-0.25, -0.2) is 0 Å². The highest BCUT2D eigenvalue weighted by Gasteiger charge is 2.36. The number of ether oxygens (including phenoxy) is 3. The minimum atomic E-state index is -0.405. The third-order valence-electron chi connectivity index (χ3n) is 4.52. The van der Waals surface area contributed by atoms with E-state index in [0.717, 1.165) is 11.3 Å². The summed E-state index contributed by atoms with van der Waals surface area (Å²) < 4.78 is 16.1. The van der Waals surface area contributed by atoms with Crippen LogP contribution in [0.3, 0.4) is 0 Å². The van der Waals surface area contributed by atoms with Crippen molar-refractivity contribution in [3.63, 3.8) is 0 Å². The summed E-state index contributed by atoms with van der Waals surface area (Å²) in [7, 11) is 4.55. The predicted octanol–water partition coefficient (Wildman–Crippen LogP) is 3.31. The average Bonchev–Trinajstić information content (AvgIpc) is 2.96. The van der Waals surface area contributed by atoms with Crippen LogP contribution in [-0.4, -0.2) is 44.6 Å². The minimum Gasteiger partial charge on any atom is -0.497 e. The number of carbonyl (C=O) groups is 2. The Morgan fingerprint density at radius 1 is 0.897 bits per heavy atom. The standard InChI is InChI=1S/C22H24N2O5/c1-5-10-29-16-8-6-14(7-9-16)19-20(22(26)24(2)21(19)25)23-15-11-17(27-3)13-18(12-15)28-4/h6-9,11-13,23H,5,10H2,1-4H3. The Balaban J connectivity index is 1.99. The zero-order chi connectivity index (χ0) is 21.0. The van der Waals surface area contributed by atoms with Crippen LogP contribution in [0.1, 0.15) is 18.9 Å². The molecule has 1 aliphatic heterocycles. The number of imide groups is 1. The molecule has 0 atom stereocenters. The molecule has 2 aromatic rings. The first-order valence-electron chi connectivity index (χ1n) is 9.28. The molecule has 0 fully saturated rings. The van der Waals surface area contributed by atoms with Gasteiger partial charge in [-0.1, -0.05) is 19.1 Å². The van der Waals surface area contributed by atoms with E-state index in [-0.39, 0.29) is 11.6 Å². The fourth-order valence-corrected chi connectivity index (χ4v) is 2.99. The zero-order valence-corrected chi connectivity index (χ0v) is 16.9. The molecule has 7 heteroatoms. The summed E-state index contributed by atoms with van der Waals surface area (Å²) in [5.41, 5.74) is 1.72. The van der Waals surface area contributed by atoms with Crippen molar-refractivity contribution < 1.29 is 23.8 Å². The second-order valence-corrected chi connectivity index (χ2v) is 6.52. The smallest absolute Gasteiger partial charge is 0.277 e. The van der Waals surface area contributed by atoms with Crippen molar-refractivity contribution in [2.75, 3.05) is 33.2 Å². The first kappa shape index (κ1) is 20.3. The Labute approximate surface area is 169 Å². The fourth-order valence-electron chi connectivity index (χ4n) is 2.99. The van der Waals surface area contributed by atoms with Crippen LogP contribution in [0, 0.1) is 0 Å². The van der Waals surface area contributed by atoms with Gasteiger partial charge in [0, 0.05) is 30.9 Å². The van der Waals surface area contributed by atoms with Gasteiger partial charge in [0.2, 0.25) is 0 Å². The van der Waals surface area contributed by atoms with Crippen LogP contribution in [0.15, 0.2) is 48.2 Å². The molecule has 0 aliphatic carbocycles. The second kappa shape index (κ2) is 8.68. The summed E-state index contributed by atoms with van der Waals surface area (Å²) in [5.74, 6) is 1.08. The molecule has 3 rings (SSSR count). The van der Waals surface area contributed by atoms with Gasteiger partial charge in [0.15, 0.2) is 0 Å². The molecular weight excluding hydrogens is 372 g/mol. The number of benzene rings is 2. The summed E-state index contributed by atoms with van der Waals surface area (Å²) in [5, 5.41) is 3.07. The van der Waals surface area contributed by atoms with Crippen molar-refractivity contribution in [3.05, 3.63) is 53.7 Å². The van der Waals surface area contributed by atoms with Crippen LogP contribution in [0.25, 0.3) is 5.57 Å². The number of rotatable bonds is 8. The minimum absolute atomic E-state index is 0.204. The van der Waals surface area contributed by atoms with Gasteiger partial charge in [-0.05, 0) is 24.1 Å². The van der Waals surface area contributed by atoms with Crippen LogP contribution in [0.4, 0.5) is 5.69 Å². The van der Waals surface area contributed by atoms with Crippen molar-refractivity contribution >= 4 is 23.1 Å². The van der Waals surface area contributed by atoms with E-state index in [4.69, 9.17) is 14.2 Å². The summed E-state index contributed by atoms with van der Waals surface area (Å²) in [6.45, 7) is 2.65. The number of anilines is 1. The third-order valence-corrected chi connectivity index (χ3v) is 4.52. The van der Waals surface area contributed by atoms with Crippen molar-refractivity contribution in [1.29, 1.82) is 0 Å². The quantitative estimate of drug-likeness (QED) is 0.690. The van der Waals surface area contributed by atoms with Crippen LogP contribution < -0.4 is 19.5 Å². The van der Waals surface area contributed by atoms with E-state index in [9.17, 15) is 9.59 Å². The number of amides is 2. The fraction of sp³-hybridized carbons (Fsp3) is 0.273. The second-order valence-electron chi connectivity index (χ2n) is 6.52. The van der Waals surface area contributed by atoms with E-state index in [0.29, 0.717) is 40.7 Å². The average molecular weight is 396 g/mol.